The highest BCUT2D eigenvalue weighted by Gasteiger charge is 2.21. The van der Waals surface area contributed by atoms with E-state index in [1.165, 1.54) is 17.7 Å². The van der Waals surface area contributed by atoms with Crippen LogP contribution in [-0.4, -0.2) is 30.2 Å². The third kappa shape index (κ3) is 4.29. The molecular formula is C23H21N3O4S. The summed E-state index contributed by atoms with van der Waals surface area (Å²) in [5.41, 5.74) is 2.39. The Kier molecular flexibility index (Phi) is 5.99. The number of carbonyl (C=O) groups excluding carboxylic acids is 1. The second-order valence-corrected chi connectivity index (χ2v) is 7.71. The Bertz CT molecular complexity index is 1220. The Labute approximate surface area is 183 Å². The fourth-order valence-corrected chi connectivity index (χ4v) is 4.23. The molecule has 0 saturated carbocycles. The highest BCUT2D eigenvalue weighted by atomic mass is 32.1. The van der Waals surface area contributed by atoms with Crippen LogP contribution in [0.25, 0.3) is 10.2 Å². The number of nitrogens with one attached hydrogen (secondary N) is 1. The van der Waals surface area contributed by atoms with E-state index in [1.54, 1.807) is 14.2 Å². The number of aryl methyl sites for hydroxylation is 1. The molecule has 0 saturated heterocycles. The number of anilines is 2. The van der Waals surface area contributed by atoms with E-state index in [-0.39, 0.29) is 12.6 Å². The predicted molar refractivity (Wildman–Crippen MR) is 121 cm³/mol. The molecule has 1 N–H and O–H groups in total. The van der Waals surface area contributed by atoms with E-state index in [1.807, 2.05) is 55.5 Å². The highest BCUT2D eigenvalue weighted by Crippen LogP contribution is 2.37. The van der Waals surface area contributed by atoms with E-state index in [9.17, 15) is 4.79 Å². The van der Waals surface area contributed by atoms with Crippen LogP contribution >= 0.6 is 11.3 Å². The Hall–Kier alpha value is -3.65. The second kappa shape index (κ2) is 9.01. The van der Waals surface area contributed by atoms with E-state index in [0.29, 0.717) is 32.7 Å². The molecule has 31 heavy (non-hydrogen) atoms. The van der Waals surface area contributed by atoms with E-state index in [4.69, 9.17) is 14.2 Å². The summed E-state index contributed by atoms with van der Waals surface area (Å²) in [6.45, 7) is 2.08. The van der Waals surface area contributed by atoms with Gasteiger partial charge in [0.05, 0.1) is 25.3 Å². The molecule has 8 heteroatoms. The summed E-state index contributed by atoms with van der Waals surface area (Å²) in [5, 5.41) is 4.06. The van der Waals surface area contributed by atoms with Crippen molar-refractivity contribution >= 4 is 39.0 Å². The summed E-state index contributed by atoms with van der Waals surface area (Å²) in [4.78, 5) is 22.7. The molecule has 0 radical (unpaired) electrons. The van der Waals surface area contributed by atoms with E-state index in [2.05, 4.69) is 15.3 Å². The highest BCUT2D eigenvalue weighted by molar-refractivity contribution is 7.20. The Morgan fingerprint density at radius 1 is 1.06 bits per heavy atom. The first-order valence-corrected chi connectivity index (χ1v) is 10.4. The average molecular weight is 436 g/mol. The molecule has 0 bridgehead atoms. The summed E-state index contributed by atoms with van der Waals surface area (Å²) in [5.74, 6) is 1.52. The maximum atomic E-state index is 12.7. The Morgan fingerprint density at radius 3 is 2.61 bits per heavy atom. The van der Waals surface area contributed by atoms with Gasteiger partial charge in [0.1, 0.15) is 40.0 Å². The standard InChI is InChI=1S/C23H21N3O4S/c1-14-19-21(26-17-11-16(28-2)9-10-18(17)29-3)24-13-25-22(19)31-20(14)23(27)30-12-15-7-5-4-6-8-15/h4-11,13H,12H2,1-3H3,(H,24,25,26). The number of aromatic nitrogens is 2. The van der Waals surface area contributed by atoms with Crippen LogP contribution in [0, 0.1) is 6.92 Å². The topological polar surface area (TPSA) is 82.6 Å². The normalized spacial score (nSPS) is 10.7. The molecule has 0 aliphatic rings. The van der Waals surface area contributed by atoms with Gasteiger partial charge in [-0.3, -0.25) is 0 Å². The SMILES string of the molecule is COc1ccc(OC)c(Nc2ncnc3sc(C(=O)OCc4ccccc4)c(C)c23)c1. The van der Waals surface area contributed by atoms with Crippen LogP contribution in [0.1, 0.15) is 20.8 Å². The van der Waals surface area contributed by atoms with Gasteiger partial charge in [-0.15, -0.1) is 11.3 Å². The van der Waals surface area contributed by atoms with Crippen LogP contribution in [0.3, 0.4) is 0 Å². The maximum Gasteiger partial charge on any atom is 0.349 e. The zero-order valence-electron chi connectivity index (χ0n) is 17.3. The van der Waals surface area contributed by atoms with Gasteiger partial charge in [-0.1, -0.05) is 30.3 Å². The number of rotatable bonds is 7. The lowest BCUT2D eigenvalue weighted by Crippen LogP contribution is -2.04. The van der Waals surface area contributed by atoms with Gasteiger partial charge >= 0.3 is 5.97 Å². The molecule has 4 rings (SSSR count). The van der Waals surface area contributed by atoms with Crippen molar-refractivity contribution in [1.82, 2.24) is 9.97 Å². The minimum absolute atomic E-state index is 0.213. The van der Waals surface area contributed by atoms with Gasteiger partial charge in [0.2, 0.25) is 0 Å². The van der Waals surface area contributed by atoms with Crippen LogP contribution in [-0.2, 0) is 11.3 Å². The molecule has 0 spiro atoms. The van der Waals surface area contributed by atoms with Gasteiger partial charge in [-0.25, -0.2) is 14.8 Å². The minimum atomic E-state index is -0.380. The number of esters is 1. The number of methoxy groups -OCH3 is 2. The lowest BCUT2D eigenvalue weighted by Gasteiger charge is -2.13. The predicted octanol–water partition coefficient (Wildman–Crippen LogP) is 5.12. The molecule has 0 aliphatic heterocycles. The molecule has 0 fully saturated rings. The van der Waals surface area contributed by atoms with E-state index in [0.717, 1.165) is 16.5 Å². The van der Waals surface area contributed by atoms with Crippen molar-refractivity contribution in [2.75, 3.05) is 19.5 Å². The second-order valence-electron chi connectivity index (χ2n) is 6.71. The number of hydrogen-bond donors (Lipinski definition) is 1. The fraction of sp³-hybridized carbons (Fsp3) is 0.174. The zero-order chi connectivity index (χ0) is 21.8. The van der Waals surface area contributed by atoms with Crippen molar-refractivity contribution in [3.8, 4) is 11.5 Å². The van der Waals surface area contributed by atoms with Crippen molar-refractivity contribution in [3.05, 3.63) is 70.9 Å². The summed E-state index contributed by atoms with van der Waals surface area (Å²) in [7, 11) is 3.20. The molecule has 2 heterocycles. The number of thiophene rings is 1. The third-order valence-corrected chi connectivity index (χ3v) is 5.96. The largest absolute Gasteiger partial charge is 0.497 e. The molecule has 0 amide bonds. The van der Waals surface area contributed by atoms with Crippen LogP contribution in [0.15, 0.2) is 54.9 Å². The number of hydrogen-bond acceptors (Lipinski definition) is 8. The zero-order valence-corrected chi connectivity index (χ0v) is 18.2. The quantitative estimate of drug-likeness (QED) is 0.404. The van der Waals surface area contributed by atoms with Gasteiger partial charge in [-0.2, -0.15) is 0 Å². The molecule has 7 nitrogen and oxygen atoms in total. The van der Waals surface area contributed by atoms with E-state index >= 15 is 0 Å². The van der Waals surface area contributed by atoms with Crippen LogP contribution in [0.2, 0.25) is 0 Å². The number of nitrogens with zero attached hydrogens (tertiary/aromatic N) is 2. The van der Waals surface area contributed by atoms with Crippen molar-refractivity contribution in [2.24, 2.45) is 0 Å². The van der Waals surface area contributed by atoms with Gasteiger partial charge in [-0.05, 0) is 30.2 Å². The monoisotopic (exact) mass is 435 g/mol. The molecule has 0 aliphatic carbocycles. The Balaban J connectivity index is 1.65. The summed E-state index contributed by atoms with van der Waals surface area (Å²) in [6.07, 6.45) is 1.46. The molecule has 2 aromatic heterocycles. The molecular weight excluding hydrogens is 414 g/mol. The van der Waals surface area contributed by atoms with Crippen molar-refractivity contribution < 1.29 is 19.0 Å². The van der Waals surface area contributed by atoms with Gasteiger partial charge in [0.15, 0.2) is 0 Å². The molecule has 0 unspecified atom stereocenters. The van der Waals surface area contributed by atoms with Gasteiger partial charge in [0, 0.05) is 6.07 Å². The molecule has 0 atom stereocenters. The van der Waals surface area contributed by atoms with Crippen molar-refractivity contribution in [3.63, 3.8) is 0 Å². The number of benzene rings is 2. The molecule has 4 aromatic rings. The minimum Gasteiger partial charge on any atom is -0.497 e. The van der Waals surface area contributed by atoms with Crippen LogP contribution < -0.4 is 14.8 Å². The first-order chi connectivity index (χ1) is 15.1. The van der Waals surface area contributed by atoms with E-state index < -0.39 is 0 Å². The third-order valence-electron chi connectivity index (χ3n) is 4.78. The number of carbonyl (C=O) groups is 1. The van der Waals surface area contributed by atoms with Gasteiger partial charge in [0.25, 0.3) is 0 Å². The molecule has 2 aromatic carbocycles. The molecule has 158 valence electrons. The average Bonchev–Trinajstić information content (AvgIpc) is 3.15. The first-order valence-electron chi connectivity index (χ1n) is 9.55. The smallest absolute Gasteiger partial charge is 0.349 e. The van der Waals surface area contributed by atoms with Crippen LogP contribution in [0.5, 0.6) is 11.5 Å². The fourth-order valence-electron chi connectivity index (χ4n) is 3.19. The lowest BCUT2D eigenvalue weighted by atomic mass is 10.2. The maximum absolute atomic E-state index is 12.7. The van der Waals surface area contributed by atoms with Gasteiger partial charge < -0.3 is 19.5 Å². The number of ether oxygens (including phenoxy) is 3. The van der Waals surface area contributed by atoms with Crippen molar-refractivity contribution in [1.29, 1.82) is 0 Å². The summed E-state index contributed by atoms with van der Waals surface area (Å²) >= 11 is 1.29. The summed E-state index contributed by atoms with van der Waals surface area (Å²) < 4.78 is 16.3. The summed E-state index contributed by atoms with van der Waals surface area (Å²) in [6, 6.07) is 15.0. The number of fused-ring (bicyclic) bond motifs is 1. The van der Waals surface area contributed by atoms with Crippen molar-refractivity contribution in [2.45, 2.75) is 13.5 Å². The van der Waals surface area contributed by atoms with Crippen LogP contribution in [0.4, 0.5) is 11.5 Å². The first kappa shape index (κ1) is 20.6. The Morgan fingerprint density at radius 2 is 1.87 bits per heavy atom. The lowest BCUT2D eigenvalue weighted by molar-refractivity contribution is 0.0478.